The Kier molecular flexibility index (Phi) is 3.63. The van der Waals surface area contributed by atoms with E-state index in [0.29, 0.717) is 5.92 Å². The smallest absolute Gasteiger partial charge is 0.232 e. The van der Waals surface area contributed by atoms with E-state index in [2.05, 4.69) is 28.1 Å². The fourth-order valence-electron chi connectivity index (χ4n) is 3.21. The maximum Gasteiger partial charge on any atom is 0.232 e. The second kappa shape index (κ2) is 5.15. The van der Waals surface area contributed by atoms with Crippen LogP contribution in [-0.4, -0.2) is 35.6 Å². The molecule has 0 atom stereocenters. The predicted octanol–water partition coefficient (Wildman–Crippen LogP) is 2.71. The highest BCUT2D eigenvalue weighted by Gasteiger charge is 2.52. The SMILES string of the molecule is CN(CC1CC(O)C1)C(=O)C1(c2ccc(Br)cc2)CC1. The van der Waals surface area contributed by atoms with Crippen LogP contribution in [0.3, 0.4) is 0 Å². The Bertz CT molecular complexity index is 504. The van der Waals surface area contributed by atoms with Crippen molar-refractivity contribution in [1.29, 1.82) is 0 Å². The number of aliphatic hydroxyl groups excluding tert-OH is 1. The van der Waals surface area contributed by atoms with E-state index in [1.807, 2.05) is 24.1 Å². The number of hydrogen-bond donors (Lipinski definition) is 1. The van der Waals surface area contributed by atoms with Crippen LogP contribution in [0.2, 0.25) is 0 Å². The summed E-state index contributed by atoms with van der Waals surface area (Å²) in [5, 5.41) is 9.34. The van der Waals surface area contributed by atoms with Gasteiger partial charge in [-0.15, -0.1) is 0 Å². The summed E-state index contributed by atoms with van der Waals surface area (Å²) in [5.74, 6) is 0.709. The molecule has 1 aromatic rings. The van der Waals surface area contributed by atoms with Crippen molar-refractivity contribution in [2.75, 3.05) is 13.6 Å². The minimum atomic E-state index is -0.280. The van der Waals surface area contributed by atoms with E-state index in [1.165, 1.54) is 0 Å². The number of amides is 1. The Balaban J connectivity index is 1.68. The van der Waals surface area contributed by atoms with Gasteiger partial charge in [0.1, 0.15) is 0 Å². The minimum absolute atomic E-state index is 0.148. The molecule has 0 radical (unpaired) electrons. The molecular weight excluding hydrogens is 318 g/mol. The van der Waals surface area contributed by atoms with Gasteiger partial charge < -0.3 is 10.0 Å². The summed E-state index contributed by atoms with van der Waals surface area (Å²) in [5.41, 5.74) is 0.851. The molecule has 2 saturated carbocycles. The number of rotatable bonds is 4. The number of likely N-dealkylation sites (N-methyl/N-ethyl adjacent to an activating group) is 1. The quantitative estimate of drug-likeness (QED) is 0.917. The first-order valence-electron chi connectivity index (χ1n) is 7.21. The third kappa shape index (κ3) is 2.51. The lowest BCUT2D eigenvalue weighted by Gasteiger charge is -2.35. The van der Waals surface area contributed by atoms with E-state index in [0.717, 1.165) is 42.3 Å². The van der Waals surface area contributed by atoms with Crippen LogP contribution in [0.25, 0.3) is 0 Å². The van der Waals surface area contributed by atoms with Crippen LogP contribution in [0, 0.1) is 5.92 Å². The van der Waals surface area contributed by atoms with E-state index in [4.69, 9.17) is 0 Å². The van der Waals surface area contributed by atoms with Gasteiger partial charge in [0.15, 0.2) is 0 Å². The highest BCUT2D eigenvalue weighted by Crippen LogP contribution is 2.49. The van der Waals surface area contributed by atoms with Crippen LogP contribution >= 0.6 is 15.9 Å². The maximum absolute atomic E-state index is 12.7. The molecule has 0 saturated heterocycles. The van der Waals surface area contributed by atoms with Crippen molar-refractivity contribution in [3.8, 4) is 0 Å². The van der Waals surface area contributed by atoms with Crippen molar-refractivity contribution in [3.63, 3.8) is 0 Å². The molecule has 3 nitrogen and oxygen atoms in total. The molecule has 20 heavy (non-hydrogen) atoms. The third-order valence-corrected chi connectivity index (χ3v) is 5.17. The molecule has 0 spiro atoms. The van der Waals surface area contributed by atoms with Crippen LogP contribution < -0.4 is 0 Å². The van der Waals surface area contributed by atoms with E-state index in [-0.39, 0.29) is 17.4 Å². The molecule has 2 fully saturated rings. The summed E-state index contributed by atoms with van der Waals surface area (Å²) in [6, 6.07) is 8.11. The molecule has 1 N–H and O–H groups in total. The molecule has 0 bridgehead atoms. The van der Waals surface area contributed by atoms with Gasteiger partial charge in [0.2, 0.25) is 5.91 Å². The molecule has 0 unspecified atom stereocenters. The van der Waals surface area contributed by atoms with Gasteiger partial charge in [-0.05, 0) is 49.3 Å². The standard InChI is InChI=1S/C16H20BrNO2/c1-18(10-11-8-14(19)9-11)15(20)16(6-7-16)12-2-4-13(17)5-3-12/h2-5,11,14,19H,6-10H2,1H3. The maximum atomic E-state index is 12.7. The minimum Gasteiger partial charge on any atom is -0.393 e. The predicted molar refractivity (Wildman–Crippen MR) is 81.4 cm³/mol. The Morgan fingerprint density at radius 2 is 1.95 bits per heavy atom. The molecule has 4 heteroatoms. The van der Waals surface area contributed by atoms with Crippen LogP contribution in [0.5, 0.6) is 0 Å². The normalized spacial score (nSPS) is 26.8. The number of hydrogen-bond acceptors (Lipinski definition) is 2. The lowest BCUT2D eigenvalue weighted by molar-refractivity contribution is -0.134. The van der Waals surface area contributed by atoms with Gasteiger partial charge in [0.05, 0.1) is 11.5 Å². The van der Waals surface area contributed by atoms with Crippen molar-refractivity contribution >= 4 is 21.8 Å². The van der Waals surface area contributed by atoms with Crippen molar-refractivity contribution in [2.24, 2.45) is 5.92 Å². The molecule has 0 aromatic heterocycles. The summed E-state index contributed by atoms with van der Waals surface area (Å²) in [7, 11) is 1.89. The number of nitrogens with zero attached hydrogens (tertiary/aromatic N) is 1. The number of carbonyl (C=O) groups excluding carboxylic acids is 1. The van der Waals surface area contributed by atoms with E-state index in [9.17, 15) is 9.90 Å². The van der Waals surface area contributed by atoms with E-state index < -0.39 is 0 Å². The van der Waals surface area contributed by atoms with E-state index in [1.54, 1.807) is 0 Å². The summed E-state index contributed by atoms with van der Waals surface area (Å²) < 4.78 is 1.04. The molecule has 3 rings (SSSR count). The second-order valence-corrected chi connectivity index (χ2v) is 7.18. The van der Waals surface area contributed by atoms with Gasteiger partial charge in [0, 0.05) is 18.1 Å². The summed E-state index contributed by atoms with van der Waals surface area (Å²) in [6.07, 6.45) is 3.42. The van der Waals surface area contributed by atoms with Crippen molar-refractivity contribution < 1.29 is 9.90 Å². The third-order valence-electron chi connectivity index (χ3n) is 4.65. The van der Waals surface area contributed by atoms with Gasteiger partial charge in [0.25, 0.3) is 0 Å². The molecule has 2 aliphatic rings. The van der Waals surface area contributed by atoms with Crippen LogP contribution in [-0.2, 0) is 10.2 Å². The molecule has 108 valence electrons. The van der Waals surface area contributed by atoms with Crippen LogP contribution in [0.1, 0.15) is 31.2 Å². The number of halogens is 1. The van der Waals surface area contributed by atoms with Crippen molar-refractivity contribution in [2.45, 2.75) is 37.2 Å². The highest BCUT2D eigenvalue weighted by molar-refractivity contribution is 9.10. The Morgan fingerprint density at radius 1 is 1.35 bits per heavy atom. The summed E-state index contributed by atoms with van der Waals surface area (Å²) >= 11 is 3.43. The Hall–Kier alpha value is -0.870. The largest absolute Gasteiger partial charge is 0.393 e. The van der Waals surface area contributed by atoms with Gasteiger partial charge in [-0.2, -0.15) is 0 Å². The molecule has 0 heterocycles. The Morgan fingerprint density at radius 3 is 2.45 bits per heavy atom. The zero-order chi connectivity index (χ0) is 14.3. The second-order valence-electron chi connectivity index (χ2n) is 6.27. The number of aliphatic hydroxyl groups is 1. The van der Waals surface area contributed by atoms with Gasteiger partial charge in [-0.1, -0.05) is 28.1 Å². The fourth-order valence-corrected chi connectivity index (χ4v) is 3.47. The lowest BCUT2D eigenvalue weighted by atomic mass is 9.82. The molecule has 0 aliphatic heterocycles. The Labute approximate surface area is 128 Å². The van der Waals surface area contributed by atoms with Crippen molar-refractivity contribution in [3.05, 3.63) is 34.3 Å². The highest BCUT2D eigenvalue weighted by atomic mass is 79.9. The summed E-state index contributed by atoms with van der Waals surface area (Å²) in [4.78, 5) is 14.6. The number of benzene rings is 1. The first-order valence-corrected chi connectivity index (χ1v) is 8.00. The molecule has 1 amide bonds. The molecular formula is C16H20BrNO2. The topological polar surface area (TPSA) is 40.5 Å². The average molecular weight is 338 g/mol. The first kappa shape index (κ1) is 14.1. The monoisotopic (exact) mass is 337 g/mol. The zero-order valence-corrected chi connectivity index (χ0v) is 13.3. The van der Waals surface area contributed by atoms with Gasteiger partial charge >= 0.3 is 0 Å². The zero-order valence-electron chi connectivity index (χ0n) is 11.7. The molecule has 2 aliphatic carbocycles. The summed E-state index contributed by atoms with van der Waals surface area (Å²) in [6.45, 7) is 0.772. The van der Waals surface area contributed by atoms with Gasteiger partial charge in [-0.25, -0.2) is 0 Å². The van der Waals surface area contributed by atoms with Crippen LogP contribution in [0.4, 0.5) is 0 Å². The van der Waals surface area contributed by atoms with Crippen molar-refractivity contribution in [1.82, 2.24) is 4.90 Å². The number of carbonyl (C=O) groups is 1. The fraction of sp³-hybridized carbons (Fsp3) is 0.562. The lowest BCUT2D eigenvalue weighted by Crippen LogP contribution is -2.43. The first-order chi connectivity index (χ1) is 9.51. The van der Waals surface area contributed by atoms with Crippen LogP contribution in [0.15, 0.2) is 28.7 Å². The average Bonchev–Trinajstić information content (AvgIpc) is 3.18. The van der Waals surface area contributed by atoms with E-state index >= 15 is 0 Å². The molecule has 1 aromatic carbocycles. The van der Waals surface area contributed by atoms with Gasteiger partial charge in [-0.3, -0.25) is 4.79 Å².